The number of fused-ring (bicyclic) bond motifs is 2. The van der Waals surface area contributed by atoms with Crippen molar-refractivity contribution in [1.82, 2.24) is 4.90 Å². The van der Waals surface area contributed by atoms with Gasteiger partial charge in [-0.1, -0.05) is 0 Å². The summed E-state index contributed by atoms with van der Waals surface area (Å²) < 4.78 is 11.0. The lowest BCUT2D eigenvalue weighted by molar-refractivity contribution is -0.130. The maximum absolute atomic E-state index is 12.5. The minimum Gasteiger partial charge on any atom is -0.464 e. The molecule has 5 nitrogen and oxygen atoms in total. The highest BCUT2D eigenvalue weighted by Gasteiger charge is 2.19. The first-order chi connectivity index (χ1) is 12.5. The average molecular weight is 371 g/mol. The molecule has 26 heavy (non-hydrogen) atoms. The highest BCUT2D eigenvalue weighted by molar-refractivity contribution is 7.99. The van der Waals surface area contributed by atoms with Crippen LogP contribution in [0.2, 0.25) is 0 Å². The van der Waals surface area contributed by atoms with Gasteiger partial charge in [0.2, 0.25) is 5.91 Å². The van der Waals surface area contributed by atoms with Gasteiger partial charge in [-0.2, -0.15) is 11.8 Å². The van der Waals surface area contributed by atoms with Crippen LogP contribution in [0.3, 0.4) is 0 Å². The average Bonchev–Trinajstić information content (AvgIpc) is 3.01. The molecule has 0 bridgehead atoms. The lowest BCUT2D eigenvalue weighted by Crippen LogP contribution is -2.38. The standard InChI is InChI=1S/C20H21NO4S/c1-12-11-24-17-10-18-16(9-15(12)17)13(2)14(20(23)25-18)3-4-19(22)21-5-7-26-8-6-21/h9-11H,3-8H2,1-2H3. The molecule has 0 atom stereocenters. The number of carbonyl (C=O) groups is 1. The molecule has 1 amide bonds. The number of carbonyl (C=O) groups excluding carboxylic acids is 1. The molecule has 4 rings (SSSR count). The van der Waals surface area contributed by atoms with Crippen LogP contribution < -0.4 is 5.63 Å². The van der Waals surface area contributed by atoms with E-state index in [-0.39, 0.29) is 11.5 Å². The summed E-state index contributed by atoms with van der Waals surface area (Å²) in [6.07, 6.45) is 2.46. The van der Waals surface area contributed by atoms with Gasteiger partial charge >= 0.3 is 5.63 Å². The largest absolute Gasteiger partial charge is 0.464 e. The molecule has 6 heteroatoms. The van der Waals surface area contributed by atoms with Gasteiger partial charge in [0.1, 0.15) is 11.2 Å². The molecule has 0 spiro atoms. The van der Waals surface area contributed by atoms with Gasteiger partial charge in [0, 0.05) is 53.4 Å². The molecule has 1 aromatic carbocycles. The molecule has 3 heterocycles. The minimum absolute atomic E-state index is 0.116. The first-order valence-electron chi connectivity index (χ1n) is 8.84. The van der Waals surface area contributed by atoms with Crippen LogP contribution in [-0.4, -0.2) is 35.4 Å². The fourth-order valence-corrected chi connectivity index (χ4v) is 4.43. The maximum Gasteiger partial charge on any atom is 0.339 e. The maximum atomic E-state index is 12.5. The van der Waals surface area contributed by atoms with Crippen molar-refractivity contribution in [3.63, 3.8) is 0 Å². The number of hydrogen-bond donors (Lipinski definition) is 0. The summed E-state index contributed by atoms with van der Waals surface area (Å²) in [4.78, 5) is 26.8. The first-order valence-corrected chi connectivity index (χ1v) is 9.99. The summed E-state index contributed by atoms with van der Waals surface area (Å²) in [5.41, 5.74) is 3.41. The van der Waals surface area contributed by atoms with Crippen LogP contribution in [0.5, 0.6) is 0 Å². The minimum atomic E-state index is -0.361. The molecular weight excluding hydrogens is 350 g/mol. The summed E-state index contributed by atoms with van der Waals surface area (Å²) in [7, 11) is 0. The fraction of sp³-hybridized carbons (Fsp3) is 0.400. The van der Waals surface area contributed by atoms with Crippen LogP contribution in [0.4, 0.5) is 0 Å². The zero-order chi connectivity index (χ0) is 18.3. The van der Waals surface area contributed by atoms with Gasteiger partial charge in [0.25, 0.3) is 0 Å². The molecule has 1 fully saturated rings. The highest BCUT2D eigenvalue weighted by atomic mass is 32.2. The van der Waals surface area contributed by atoms with E-state index in [1.807, 2.05) is 36.6 Å². The van der Waals surface area contributed by atoms with E-state index in [1.165, 1.54) is 0 Å². The third kappa shape index (κ3) is 3.03. The van der Waals surface area contributed by atoms with Crippen molar-refractivity contribution >= 4 is 39.6 Å². The molecule has 0 saturated carbocycles. The number of thioether (sulfide) groups is 1. The molecule has 3 aromatic rings. The summed E-state index contributed by atoms with van der Waals surface area (Å²) in [6.45, 7) is 5.51. The smallest absolute Gasteiger partial charge is 0.339 e. The Morgan fingerprint density at radius 2 is 1.92 bits per heavy atom. The summed E-state index contributed by atoms with van der Waals surface area (Å²) in [5, 5.41) is 1.92. The highest BCUT2D eigenvalue weighted by Crippen LogP contribution is 2.29. The monoisotopic (exact) mass is 371 g/mol. The molecule has 0 aliphatic carbocycles. The van der Waals surface area contributed by atoms with Crippen molar-refractivity contribution in [2.45, 2.75) is 26.7 Å². The number of amides is 1. The Morgan fingerprint density at radius 3 is 2.69 bits per heavy atom. The van der Waals surface area contributed by atoms with Crippen LogP contribution in [-0.2, 0) is 11.2 Å². The van der Waals surface area contributed by atoms with E-state index in [9.17, 15) is 9.59 Å². The SMILES string of the molecule is Cc1coc2cc3oc(=O)c(CCC(=O)N4CCSCC4)c(C)c3cc12. The second kappa shape index (κ2) is 6.83. The van der Waals surface area contributed by atoms with Crippen molar-refractivity contribution in [3.8, 4) is 0 Å². The van der Waals surface area contributed by atoms with Crippen LogP contribution in [0.25, 0.3) is 21.9 Å². The van der Waals surface area contributed by atoms with Gasteiger partial charge in [0.15, 0.2) is 0 Å². The third-order valence-electron chi connectivity index (χ3n) is 5.13. The Kier molecular flexibility index (Phi) is 4.53. The second-order valence-electron chi connectivity index (χ2n) is 6.75. The van der Waals surface area contributed by atoms with Gasteiger partial charge in [-0.05, 0) is 37.5 Å². The van der Waals surface area contributed by atoms with E-state index in [0.29, 0.717) is 29.6 Å². The summed E-state index contributed by atoms with van der Waals surface area (Å²) in [5.74, 6) is 2.09. The quantitative estimate of drug-likeness (QED) is 0.658. The van der Waals surface area contributed by atoms with Crippen molar-refractivity contribution in [3.05, 3.63) is 45.5 Å². The Morgan fingerprint density at radius 1 is 1.15 bits per heavy atom. The lowest BCUT2D eigenvalue weighted by Gasteiger charge is -2.26. The normalized spacial score (nSPS) is 15.1. The van der Waals surface area contributed by atoms with Gasteiger partial charge < -0.3 is 13.7 Å². The summed E-state index contributed by atoms with van der Waals surface area (Å²) in [6, 6.07) is 3.78. The molecule has 0 radical (unpaired) electrons. The second-order valence-corrected chi connectivity index (χ2v) is 7.97. The Bertz CT molecular complexity index is 1040. The molecular formula is C20H21NO4S. The predicted octanol–water partition coefficient (Wildman–Crippen LogP) is 3.66. The number of rotatable bonds is 3. The fourth-order valence-electron chi connectivity index (χ4n) is 3.53. The molecule has 1 saturated heterocycles. The van der Waals surface area contributed by atoms with Gasteiger partial charge in [-0.25, -0.2) is 4.79 Å². The van der Waals surface area contributed by atoms with E-state index in [2.05, 4.69) is 0 Å². The van der Waals surface area contributed by atoms with E-state index in [1.54, 1.807) is 12.3 Å². The molecule has 0 N–H and O–H groups in total. The van der Waals surface area contributed by atoms with Crippen molar-refractivity contribution in [2.24, 2.45) is 0 Å². The Hall–Kier alpha value is -2.21. The molecule has 136 valence electrons. The first kappa shape index (κ1) is 17.2. The van der Waals surface area contributed by atoms with E-state index >= 15 is 0 Å². The lowest BCUT2D eigenvalue weighted by atomic mass is 10.0. The number of benzene rings is 1. The summed E-state index contributed by atoms with van der Waals surface area (Å²) >= 11 is 1.87. The number of aryl methyl sites for hydroxylation is 2. The molecule has 2 aromatic heterocycles. The van der Waals surface area contributed by atoms with Crippen molar-refractivity contribution in [2.75, 3.05) is 24.6 Å². The van der Waals surface area contributed by atoms with Gasteiger partial charge in [-0.3, -0.25) is 4.79 Å². The van der Waals surface area contributed by atoms with Gasteiger partial charge in [0.05, 0.1) is 6.26 Å². The third-order valence-corrected chi connectivity index (χ3v) is 6.07. The van der Waals surface area contributed by atoms with Crippen LogP contribution in [0.15, 0.2) is 32.0 Å². The van der Waals surface area contributed by atoms with Crippen LogP contribution in [0.1, 0.15) is 23.1 Å². The Balaban J connectivity index is 1.66. The van der Waals surface area contributed by atoms with Gasteiger partial charge in [-0.15, -0.1) is 0 Å². The Labute approximate surface area is 155 Å². The molecule has 0 unspecified atom stereocenters. The predicted molar refractivity (Wildman–Crippen MR) is 104 cm³/mol. The van der Waals surface area contributed by atoms with Crippen LogP contribution in [0, 0.1) is 13.8 Å². The van der Waals surface area contributed by atoms with E-state index < -0.39 is 0 Å². The van der Waals surface area contributed by atoms with Crippen molar-refractivity contribution in [1.29, 1.82) is 0 Å². The van der Waals surface area contributed by atoms with Crippen molar-refractivity contribution < 1.29 is 13.6 Å². The van der Waals surface area contributed by atoms with E-state index in [4.69, 9.17) is 8.83 Å². The zero-order valence-electron chi connectivity index (χ0n) is 15.0. The molecule has 1 aliphatic rings. The topological polar surface area (TPSA) is 63.7 Å². The number of nitrogens with zero attached hydrogens (tertiary/aromatic N) is 1. The zero-order valence-corrected chi connectivity index (χ0v) is 15.8. The van der Waals surface area contributed by atoms with Crippen LogP contribution >= 0.6 is 11.8 Å². The number of hydrogen-bond acceptors (Lipinski definition) is 5. The number of furan rings is 1. The van der Waals surface area contributed by atoms with E-state index in [0.717, 1.165) is 46.5 Å². The molecule has 1 aliphatic heterocycles.